The van der Waals surface area contributed by atoms with Gasteiger partial charge in [-0.05, 0) is 19.3 Å². The van der Waals surface area contributed by atoms with Crippen molar-refractivity contribution in [3.8, 4) is 0 Å². The van der Waals surface area contributed by atoms with Crippen LogP contribution in [0.25, 0.3) is 0 Å². The normalized spacial score (nSPS) is 15.8. The lowest BCUT2D eigenvalue weighted by Gasteiger charge is -1.97. The first-order valence-corrected chi connectivity index (χ1v) is 5.18. The number of hydrogen-bond acceptors (Lipinski definition) is 5. The second-order valence-electron chi connectivity index (χ2n) is 3.58. The fraction of sp³-hybridized carbons (Fsp3) is 0.778. The molecule has 0 aromatic carbocycles. The molecular formula is C9H16N4O. The second-order valence-corrected chi connectivity index (χ2v) is 3.58. The highest BCUT2D eigenvalue weighted by atomic mass is 16.4. The highest BCUT2D eigenvalue weighted by molar-refractivity contribution is 5.16. The molecule has 5 heteroatoms. The quantitative estimate of drug-likeness (QED) is 0.714. The number of nitrogens with one attached hydrogen (secondary N) is 2. The molecule has 0 amide bonds. The van der Waals surface area contributed by atoms with Crippen molar-refractivity contribution in [1.82, 2.24) is 15.5 Å². The van der Waals surface area contributed by atoms with Gasteiger partial charge in [0.05, 0.1) is 6.54 Å². The van der Waals surface area contributed by atoms with Crippen molar-refractivity contribution in [3.05, 3.63) is 5.89 Å². The van der Waals surface area contributed by atoms with Gasteiger partial charge in [-0.1, -0.05) is 12.0 Å². The number of hydrogen-bond donors (Lipinski definition) is 2. The maximum absolute atomic E-state index is 5.37. The zero-order valence-corrected chi connectivity index (χ0v) is 8.42. The number of anilines is 1. The van der Waals surface area contributed by atoms with Crippen molar-refractivity contribution in [2.45, 2.75) is 38.8 Å². The van der Waals surface area contributed by atoms with Gasteiger partial charge in [-0.15, -0.1) is 5.10 Å². The third kappa shape index (κ3) is 2.70. The van der Waals surface area contributed by atoms with E-state index in [2.05, 4.69) is 27.8 Å². The van der Waals surface area contributed by atoms with Gasteiger partial charge in [-0.2, -0.15) is 0 Å². The van der Waals surface area contributed by atoms with Crippen molar-refractivity contribution in [2.75, 3.05) is 11.9 Å². The Morgan fingerprint density at radius 2 is 2.29 bits per heavy atom. The molecule has 0 radical (unpaired) electrons. The first kappa shape index (κ1) is 9.45. The van der Waals surface area contributed by atoms with Crippen LogP contribution in [0.5, 0.6) is 0 Å². The fourth-order valence-electron chi connectivity index (χ4n) is 1.15. The second kappa shape index (κ2) is 4.41. The first-order valence-electron chi connectivity index (χ1n) is 5.18. The first-order chi connectivity index (χ1) is 6.88. The molecule has 1 aliphatic carbocycles. The van der Waals surface area contributed by atoms with Gasteiger partial charge in [0, 0.05) is 12.6 Å². The summed E-state index contributed by atoms with van der Waals surface area (Å²) < 4.78 is 5.37. The Morgan fingerprint density at radius 1 is 1.43 bits per heavy atom. The van der Waals surface area contributed by atoms with Crippen LogP contribution in [0.2, 0.25) is 0 Å². The van der Waals surface area contributed by atoms with E-state index in [4.69, 9.17) is 4.42 Å². The molecule has 1 aliphatic rings. The molecule has 78 valence electrons. The van der Waals surface area contributed by atoms with Gasteiger partial charge in [0.2, 0.25) is 5.89 Å². The Morgan fingerprint density at radius 3 is 3.00 bits per heavy atom. The zero-order chi connectivity index (χ0) is 9.80. The van der Waals surface area contributed by atoms with Crippen LogP contribution >= 0.6 is 0 Å². The SMILES string of the molecule is CCCNc1nnc(CNC2CC2)o1. The van der Waals surface area contributed by atoms with E-state index in [-0.39, 0.29) is 0 Å². The molecule has 0 bridgehead atoms. The summed E-state index contributed by atoms with van der Waals surface area (Å²) in [6.07, 6.45) is 3.60. The summed E-state index contributed by atoms with van der Waals surface area (Å²) in [4.78, 5) is 0. The lowest BCUT2D eigenvalue weighted by molar-refractivity contribution is 0.475. The van der Waals surface area contributed by atoms with E-state index in [1.54, 1.807) is 0 Å². The number of rotatable bonds is 6. The van der Waals surface area contributed by atoms with Gasteiger partial charge < -0.3 is 15.1 Å². The molecule has 0 saturated heterocycles. The average molecular weight is 196 g/mol. The summed E-state index contributed by atoms with van der Waals surface area (Å²) in [5.41, 5.74) is 0. The maximum Gasteiger partial charge on any atom is 0.315 e. The Kier molecular flexibility index (Phi) is 2.98. The van der Waals surface area contributed by atoms with Gasteiger partial charge in [0.25, 0.3) is 0 Å². The van der Waals surface area contributed by atoms with E-state index in [1.807, 2.05) is 0 Å². The molecule has 0 aliphatic heterocycles. The van der Waals surface area contributed by atoms with Crippen LogP contribution in [0.3, 0.4) is 0 Å². The predicted octanol–water partition coefficient (Wildman–Crippen LogP) is 1.14. The summed E-state index contributed by atoms with van der Waals surface area (Å²) in [6, 6.07) is 1.20. The van der Waals surface area contributed by atoms with Crippen LogP contribution in [0.15, 0.2) is 4.42 Å². The molecule has 5 nitrogen and oxygen atoms in total. The Balaban J connectivity index is 1.76. The predicted molar refractivity (Wildman–Crippen MR) is 52.9 cm³/mol. The smallest absolute Gasteiger partial charge is 0.315 e. The van der Waals surface area contributed by atoms with Crippen molar-refractivity contribution < 1.29 is 4.42 Å². The molecule has 1 fully saturated rings. The van der Waals surface area contributed by atoms with Gasteiger partial charge >= 0.3 is 6.01 Å². The highest BCUT2D eigenvalue weighted by Crippen LogP contribution is 2.19. The minimum atomic E-state index is 0.527. The summed E-state index contributed by atoms with van der Waals surface area (Å²) >= 11 is 0. The molecular weight excluding hydrogens is 180 g/mol. The third-order valence-corrected chi connectivity index (χ3v) is 2.11. The highest BCUT2D eigenvalue weighted by Gasteiger charge is 2.21. The molecule has 1 heterocycles. The van der Waals surface area contributed by atoms with Crippen molar-refractivity contribution in [1.29, 1.82) is 0 Å². The molecule has 14 heavy (non-hydrogen) atoms. The van der Waals surface area contributed by atoms with Crippen LogP contribution < -0.4 is 10.6 Å². The van der Waals surface area contributed by atoms with E-state index < -0.39 is 0 Å². The fourth-order valence-corrected chi connectivity index (χ4v) is 1.15. The minimum Gasteiger partial charge on any atom is -0.407 e. The zero-order valence-electron chi connectivity index (χ0n) is 8.42. The van der Waals surface area contributed by atoms with Crippen molar-refractivity contribution >= 4 is 6.01 Å². The van der Waals surface area contributed by atoms with Crippen molar-refractivity contribution in [3.63, 3.8) is 0 Å². The molecule has 1 aromatic heterocycles. The number of nitrogens with zero attached hydrogens (tertiary/aromatic N) is 2. The van der Waals surface area contributed by atoms with Crippen LogP contribution in [-0.4, -0.2) is 22.8 Å². The van der Waals surface area contributed by atoms with E-state index >= 15 is 0 Å². The molecule has 1 saturated carbocycles. The largest absolute Gasteiger partial charge is 0.407 e. The van der Waals surface area contributed by atoms with Crippen molar-refractivity contribution in [2.24, 2.45) is 0 Å². The van der Waals surface area contributed by atoms with E-state index in [0.717, 1.165) is 13.0 Å². The van der Waals surface area contributed by atoms with Gasteiger partial charge in [0.15, 0.2) is 0 Å². The summed E-state index contributed by atoms with van der Waals surface area (Å²) in [5.74, 6) is 0.663. The molecule has 2 N–H and O–H groups in total. The number of aromatic nitrogens is 2. The lowest BCUT2D eigenvalue weighted by atomic mass is 10.5. The van der Waals surface area contributed by atoms with Crippen LogP contribution in [0.1, 0.15) is 32.1 Å². The lowest BCUT2D eigenvalue weighted by Crippen LogP contribution is -2.15. The Labute approximate surface area is 83.3 Å². The van der Waals surface area contributed by atoms with E-state index in [0.29, 0.717) is 24.5 Å². The molecule has 1 aromatic rings. The van der Waals surface area contributed by atoms with Gasteiger partial charge in [0.1, 0.15) is 0 Å². The summed E-state index contributed by atoms with van der Waals surface area (Å²) in [5, 5.41) is 14.2. The monoisotopic (exact) mass is 196 g/mol. The van der Waals surface area contributed by atoms with Gasteiger partial charge in [-0.25, -0.2) is 0 Å². The molecule has 0 spiro atoms. The van der Waals surface area contributed by atoms with Crippen LogP contribution in [0, 0.1) is 0 Å². The van der Waals surface area contributed by atoms with Crippen LogP contribution in [0.4, 0.5) is 6.01 Å². The Bertz CT molecular complexity index is 282. The Hall–Kier alpha value is -1.10. The standard InChI is InChI=1S/C9H16N4O/c1-2-5-10-9-13-12-8(14-9)6-11-7-3-4-7/h7,11H,2-6H2,1H3,(H,10,13). The molecule has 2 rings (SSSR count). The van der Waals surface area contributed by atoms with Crippen LogP contribution in [-0.2, 0) is 6.54 Å². The molecule has 0 unspecified atom stereocenters. The topological polar surface area (TPSA) is 63.0 Å². The van der Waals surface area contributed by atoms with E-state index in [1.165, 1.54) is 12.8 Å². The average Bonchev–Trinajstić information content (AvgIpc) is 2.92. The minimum absolute atomic E-state index is 0.527. The third-order valence-electron chi connectivity index (χ3n) is 2.11. The summed E-state index contributed by atoms with van der Waals surface area (Å²) in [7, 11) is 0. The maximum atomic E-state index is 5.37. The van der Waals surface area contributed by atoms with Gasteiger partial charge in [-0.3, -0.25) is 0 Å². The summed E-state index contributed by atoms with van der Waals surface area (Å²) in [6.45, 7) is 3.65. The molecule has 0 atom stereocenters. The van der Waals surface area contributed by atoms with E-state index in [9.17, 15) is 0 Å².